The van der Waals surface area contributed by atoms with Gasteiger partial charge in [0.1, 0.15) is 6.42 Å². The number of carbonyl (C=O) groups excluding carboxylic acids is 3. The second-order valence-corrected chi connectivity index (χ2v) is 5.94. The Morgan fingerprint density at radius 3 is 2.19 bits per heavy atom. The van der Waals surface area contributed by atoms with Crippen LogP contribution >= 0.6 is 11.6 Å². The quantitative estimate of drug-likeness (QED) is 0.741. The van der Waals surface area contributed by atoms with Crippen LogP contribution in [0, 0.1) is 11.3 Å². The van der Waals surface area contributed by atoms with Crippen molar-refractivity contribution >= 4 is 40.8 Å². The molecule has 2 rings (SSSR count). The molecule has 0 aromatic heterocycles. The lowest BCUT2D eigenvalue weighted by molar-refractivity contribution is -0.123. The zero-order chi connectivity index (χ0) is 19.8. The van der Waals surface area contributed by atoms with Crippen molar-refractivity contribution < 1.29 is 19.1 Å². The standard InChI is InChI=1S/C19H16ClN3O4/c1-12(18(25)23-16-8-4-14(20)5-9-16)27-19(26)13-2-6-15(7-3-13)22-17(24)10-11-21/h2-9,12H,10H2,1H3,(H,22,24)(H,23,25). The number of hydrogen-bond acceptors (Lipinski definition) is 5. The largest absolute Gasteiger partial charge is 0.449 e. The average molecular weight is 386 g/mol. The highest BCUT2D eigenvalue weighted by Gasteiger charge is 2.19. The molecule has 2 amide bonds. The molecule has 0 bridgehead atoms. The summed E-state index contributed by atoms with van der Waals surface area (Å²) in [6, 6.07) is 14.2. The van der Waals surface area contributed by atoms with E-state index in [1.165, 1.54) is 31.2 Å². The SMILES string of the molecule is CC(OC(=O)c1ccc(NC(=O)CC#N)cc1)C(=O)Nc1ccc(Cl)cc1. The first kappa shape index (κ1) is 19.9. The molecule has 1 unspecified atom stereocenters. The van der Waals surface area contributed by atoms with Crippen molar-refractivity contribution in [3.05, 3.63) is 59.1 Å². The maximum atomic E-state index is 12.1. The Hall–Kier alpha value is -3.37. The number of halogens is 1. The molecule has 0 saturated carbocycles. The van der Waals surface area contributed by atoms with Gasteiger partial charge in [-0.1, -0.05) is 11.6 Å². The van der Waals surface area contributed by atoms with E-state index in [-0.39, 0.29) is 12.0 Å². The third-order valence-corrected chi connectivity index (χ3v) is 3.66. The van der Waals surface area contributed by atoms with E-state index in [4.69, 9.17) is 21.6 Å². The Morgan fingerprint density at radius 1 is 1.04 bits per heavy atom. The molecule has 7 nitrogen and oxygen atoms in total. The van der Waals surface area contributed by atoms with Crippen LogP contribution in [0.3, 0.4) is 0 Å². The van der Waals surface area contributed by atoms with Crippen molar-refractivity contribution in [1.29, 1.82) is 5.26 Å². The number of nitriles is 1. The predicted octanol–water partition coefficient (Wildman–Crippen LogP) is 3.38. The Balaban J connectivity index is 1.91. The van der Waals surface area contributed by atoms with E-state index >= 15 is 0 Å². The van der Waals surface area contributed by atoms with Crippen molar-refractivity contribution in [3.8, 4) is 6.07 Å². The lowest BCUT2D eigenvalue weighted by Gasteiger charge is -2.14. The van der Waals surface area contributed by atoms with Crippen molar-refractivity contribution in [2.75, 3.05) is 10.6 Å². The molecule has 0 aliphatic carbocycles. The highest BCUT2D eigenvalue weighted by Crippen LogP contribution is 2.15. The number of nitrogens with one attached hydrogen (secondary N) is 2. The van der Waals surface area contributed by atoms with Crippen LogP contribution in [0.25, 0.3) is 0 Å². The molecule has 2 aromatic carbocycles. The minimum absolute atomic E-state index is 0.222. The summed E-state index contributed by atoms with van der Waals surface area (Å²) in [5, 5.41) is 14.1. The summed E-state index contributed by atoms with van der Waals surface area (Å²) in [5.74, 6) is -1.60. The molecule has 0 saturated heterocycles. The summed E-state index contributed by atoms with van der Waals surface area (Å²) < 4.78 is 5.15. The number of amides is 2. The van der Waals surface area contributed by atoms with Gasteiger partial charge >= 0.3 is 5.97 Å². The van der Waals surface area contributed by atoms with Gasteiger partial charge in [-0.15, -0.1) is 0 Å². The zero-order valence-electron chi connectivity index (χ0n) is 14.4. The predicted molar refractivity (Wildman–Crippen MR) is 100 cm³/mol. The van der Waals surface area contributed by atoms with Gasteiger partial charge in [0.15, 0.2) is 6.10 Å². The topological polar surface area (TPSA) is 108 Å². The molecular formula is C19H16ClN3O4. The fourth-order valence-corrected chi connectivity index (χ4v) is 2.15. The van der Waals surface area contributed by atoms with Crippen LogP contribution in [0.5, 0.6) is 0 Å². The van der Waals surface area contributed by atoms with Gasteiger partial charge in [0, 0.05) is 16.4 Å². The van der Waals surface area contributed by atoms with E-state index in [2.05, 4.69) is 10.6 Å². The van der Waals surface area contributed by atoms with Crippen molar-refractivity contribution in [1.82, 2.24) is 0 Å². The van der Waals surface area contributed by atoms with E-state index in [0.29, 0.717) is 16.4 Å². The number of anilines is 2. The van der Waals surface area contributed by atoms with Crippen LogP contribution in [0.15, 0.2) is 48.5 Å². The molecule has 0 radical (unpaired) electrons. The van der Waals surface area contributed by atoms with Crippen molar-refractivity contribution in [3.63, 3.8) is 0 Å². The number of nitrogens with zero attached hydrogens (tertiary/aromatic N) is 1. The molecule has 8 heteroatoms. The molecule has 0 aliphatic rings. The maximum Gasteiger partial charge on any atom is 0.338 e. The molecule has 27 heavy (non-hydrogen) atoms. The Bertz CT molecular complexity index is 873. The second kappa shape index (κ2) is 9.36. The summed E-state index contributed by atoms with van der Waals surface area (Å²) in [4.78, 5) is 35.6. The molecule has 2 N–H and O–H groups in total. The Labute approximate surface area is 160 Å². The van der Waals surface area contributed by atoms with Gasteiger partial charge in [0.05, 0.1) is 11.6 Å². The van der Waals surface area contributed by atoms with E-state index in [1.54, 1.807) is 30.3 Å². The summed E-state index contributed by atoms with van der Waals surface area (Å²) in [6.45, 7) is 1.46. The molecule has 0 spiro atoms. The number of ether oxygens (including phenoxy) is 1. The number of rotatable bonds is 6. The lowest BCUT2D eigenvalue weighted by Crippen LogP contribution is -2.30. The number of carbonyl (C=O) groups is 3. The van der Waals surface area contributed by atoms with Crippen LogP contribution in [-0.2, 0) is 14.3 Å². The minimum Gasteiger partial charge on any atom is -0.449 e. The number of benzene rings is 2. The van der Waals surface area contributed by atoms with E-state index < -0.39 is 23.9 Å². The van der Waals surface area contributed by atoms with Gasteiger partial charge in [-0.3, -0.25) is 9.59 Å². The van der Waals surface area contributed by atoms with Crippen LogP contribution in [0.2, 0.25) is 5.02 Å². The van der Waals surface area contributed by atoms with Crippen LogP contribution < -0.4 is 10.6 Å². The minimum atomic E-state index is -1.01. The van der Waals surface area contributed by atoms with Gasteiger partial charge in [-0.25, -0.2) is 4.79 Å². The summed E-state index contributed by atoms with van der Waals surface area (Å²) in [7, 11) is 0. The summed E-state index contributed by atoms with van der Waals surface area (Å²) in [6.07, 6.45) is -1.27. The van der Waals surface area contributed by atoms with E-state index in [1.807, 2.05) is 0 Å². The van der Waals surface area contributed by atoms with Crippen molar-refractivity contribution in [2.24, 2.45) is 0 Å². The summed E-state index contributed by atoms with van der Waals surface area (Å²) >= 11 is 5.78. The first-order chi connectivity index (χ1) is 12.9. The molecule has 0 aliphatic heterocycles. The Morgan fingerprint density at radius 2 is 1.59 bits per heavy atom. The number of esters is 1. The zero-order valence-corrected chi connectivity index (χ0v) is 15.1. The Kier molecular flexibility index (Phi) is 6.92. The highest BCUT2D eigenvalue weighted by molar-refractivity contribution is 6.30. The lowest BCUT2D eigenvalue weighted by atomic mass is 10.2. The fourth-order valence-electron chi connectivity index (χ4n) is 2.03. The maximum absolute atomic E-state index is 12.1. The second-order valence-electron chi connectivity index (χ2n) is 5.50. The van der Waals surface area contributed by atoms with Gasteiger partial charge in [0.25, 0.3) is 5.91 Å². The average Bonchev–Trinajstić information content (AvgIpc) is 2.64. The smallest absolute Gasteiger partial charge is 0.338 e. The van der Waals surface area contributed by atoms with Gasteiger partial charge in [-0.05, 0) is 55.5 Å². The fraction of sp³-hybridized carbons (Fsp3) is 0.158. The molecule has 0 fully saturated rings. The van der Waals surface area contributed by atoms with Crippen molar-refractivity contribution in [2.45, 2.75) is 19.4 Å². The van der Waals surface area contributed by atoms with Gasteiger partial charge < -0.3 is 15.4 Å². The van der Waals surface area contributed by atoms with Gasteiger partial charge in [0.2, 0.25) is 5.91 Å². The van der Waals surface area contributed by atoms with E-state index in [0.717, 1.165) is 0 Å². The summed E-state index contributed by atoms with van der Waals surface area (Å²) in [5.41, 5.74) is 1.20. The van der Waals surface area contributed by atoms with E-state index in [9.17, 15) is 14.4 Å². The normalized spacial score (nSPS) is 11.0. The van der Waals surface area contributed by atoms with Crippen LogP contribution in [-0.4, -0.2) is 23.9 Å². The highest BCUT2D eigenvalue weighted by atomic mass is 35.5. The van der Waals surface area contributed by atoms with Crippen LogP contribution in [0.4, 0.5) is 11.4 Å². The third kappa shape index (κ3) is 6.13. The monoisotopic (exact) mass is 385 g/mol. The third-order valence-electron chi connectivity index (χ3n) is 3.41. The first-order valence-corrected chi connectivity index (χ1v) is 8.31. The van der Waals surface area contributed by atoms with Crippen LogP contribution in [0.1, 0.15) is 23.7 Å². The molecule has 1 atom stereocenters. The van der Waals surface area contributed by atoms with Gasteiger partial charge in [-0.2, -0.15) is 5.26 Å². The molecule has 2 aromatic rings. The molecule has 138 valence electrons. The molecule has 0 heterocycles. The number of hydrogen-bond donors (Lipinski definition) is 2. The molecular weight excluding hydrogens is 370 g/mol. The first-order valence-electron chi connectivity index (χ1n) is 7.93.